The Hall–Kier alpha value is -2.17. The van der Waals surface area contributed by atoms with Gasteiger partial charge in [0.25, 0.3) is 0 Å². The van der Waals surface area contributed by atoms with E-state index in [2.05, 4.69) is 15.3 Å². The molecule has 5 heteroatoms. The third-order valence-electron chi connectivity index (χ3n) is 3.06. The number of aromatic nitrogens is 2. The molecule has 0 aliphatic carbocycles. The van der Waals surface area contributed by atoms with Crippen molar-refractivity contribution >= 4 is 22.7 Å². The summed E-state index contributed by atoms with van der Waals surface area (Å²) >= 11 is 0. The molecule has 1 heterocycles. The summed E-state index contributed by atoms with van der Waals surface area (Å²) < 4.78 is 0. The van der Waals surface area contributed by atoms with E-state index < -0.39 is 12.0 Å². The van der Waals surface area contributed by atoms with Crippen molar-refractivity contribution in [1.29, 1.82) is 0 Å². The molecule has 2 rings (SSSR count). The van der Waals surface area contributed by atoms with Gasteiger partial charge in [-0.15, -0.1) is 0 Å². The molecule has 0 radical (unpaired) electrons. The topological polar surface area (TPSA) is 75.1 Å². The monoisotopic (exact) mass is 259 g/mol. The van der Waals surface area contributed by atoms with Gasteiger partial charge in [-0.25, -0.2) is 14.8 Å². The molecule has 0 spiro atoms. The van der Waals surface area contributed by atoms with Crippen LogP contribution >= 0.6 is 0 Å². The minimum Gasteiger partial charge on any atom is -0.480 e. The predicted octanol–water partition coefficient (Wildman–Crippen LogP) is 2.60. The van der Waals surface area contributed by atoms with E-state index in [-0.39, 0.29) is 0 Å². The van der Waals surface area contributed by atoms with Crippen LogP contribution in [0.3, 0.4) is 0 Å². The first-order valence-corrected chi connectivity index (χ1v) is 6.33. The van der Waals surface area contributed by atoms with E-state index in [9.17, 15) is 9.90 Å². The average Bonchev–Trinajstić information content (AvgIpc) is 2.38. The first kappa shape index (κ1) is 13.3. The molecule has 100 valence electrons. The van der Waals surface area contributed by atoms with E-state index in [1.54, 1.807) is 0 Å². The maximum Gasteiger partial charge on any atom is 0.326 e. The summed E-state index contributed by atoms with van der Waals surface area (Å²) in [5, 5.41) is 13.1. The zero-order chi connectivity index (χ0) is 13.8. The maximum atomic E-state index is 11.2. The van der Waals surface area contributed by atoms with Crippen LogP contribution in [0.4, 0.5) is 5.82 Å². The van der Waals surface area contributed by atoms with Crippen LogP contribution in [0.15, 0.2) is 24.5 Å². The minimum absolute atomic E-state index is 0.562. The Bertz CT molecular complexity index is 593. The van der Waals surface area contributed by atoms with Crippen LogP contribution in [0.1, 0.15) is 25.3 Å². The Morgan fingerprint density at radius 3 is 2.89 bits per heavy atom. The van der Waals surface area contributed by atoms with Gasteiger partial charge in [0.2, 0.25) is 0 Å². The highest BCUT2D eigenvalue weighted by atomic mass is 16.4. The second-order valence-corrected chi connectivity index (χ2v) is 4.52. The summed E-state index contributed by atoms with van der Waals surface area (Å²) in [7, 11) is 0. The Kier molecular flexibility index (Phi) is 3.94. The number of carbonyl (C=O) groups is 1. The van der Waals surface area contributed by atoms with Crippen LogP contribution in [0.25, 0.3) is 10.9 Å². The van der Waals surface area contributed by atoms with E-state index >= 15 is 0 Å². The fourth-order valence-corrected chi connectivity index (χ4v) is 2.10. The number of hydrogen-bond donors (Lipinski definition) is 2. The van der Waals surface area contributed by atoms with Gasteiger partial charge < -0.3 is 10.4 Å². The number of benzene rings is 1. The Labute approximate surface area is 111 Å². The Morgan fingerprint density at radius 1 is 1.42 bits per heavy atom. The number of aryl methyl sites for hydroxylation is 1. The first-order chi connectivity index (χ1) is 9.13. The standard InChI is InChI=1S/C14H17N3O2/c1-3-5-11(14(18)19)17-13-12-9(2)6-4-7-10(12)15-8-16-13/h4,6-8,11H,3,5H2,1-2H3,(H,18,19)(H,15,16,17). The van der Waals surface area contributed by atoms with Gasteiger partial charge in [0.1, 0.15) is 18.2 Å². The quantitative estimate of drug-likeness (QED) is 0.863. The second kappa shape index (κ2) is 5.65. The van der Waals surface area contributed by atoms with Gasteiger partial charge in [-0.1, -0.05) is 25.5 Å². The van der Waals surface area contributed by atoms with Crippen molar-refractivity contribution in [2.45, 2.75) is 32.7 Å². The van der Waals surface area contributed by atoms with E-state index in [4.69, 9.17) is 0 Å². The molecule has 0 amide bonds. The third kappa shape index (κ3) is 2.81. The first-order valence-electron chi connectivity index (χ1n) is 6.33. The van der Waals surface area contributed by atoms with Crippen molar-refractivity contribution < 1.29 is 9.90 Å². The number of nitrogens with zero attached hydrogens (tertiary/aromatic N) is 2. The summed E-state index contributed by atoms with van der Waals surface area (Å²) in [4.78, 5) is 19.6. The predicted molar refractivity (Wildman–Crippen MR) is 74.2 cm³/mol. The van der Waals surface area contributed by atoms with Gasteiger partial charge in [0, 0.05) is 5.39 Å². The fourth-order valence-electron chi connectivity index (χ4n) is 2.10. The lowest BCUT2D eigenvalue weighted by atomic mass is 10.1. The van der Waals surface area contributed by atoms with E-state index in [0.717, 1.165) is 22.9 Å². The van der Waals surface area contributed by atoms with Crippen LogP contribution < -0.4 is 5.32 Å². The summed E-state index contributed by atoms with van der Waals surface area (Å²) in [6, 6.07) is 5.16. The minimum atomic E-state index is -0.859. The van der Waals surface area contributed by atoms with Crippen LogP contribution in [-0.2, 0) is 4.79 Å². The molecule has 0 bridgehead atoms. The SMILES string of the molecule is CCCC(Nc1ncnc2cccc(C)c12)C(=O)O. The second-order valence-electron chi connectivity index (χ2n) is 4.52. The summed E-state index contributed by atoms with van der Waals surface area (Å²) in [5.41, 5.74) is 1.85. The highest BCUT2D eigenvalue weighted by Gasteiger charge is 2.18. The molecule has 19 heavy (non-hydrogen) atoms. The number of nitrogens with one attached hydrogen (secondary N) is 1. The molecule has 2 aromatic rings. The molecule has 0 fully saturated rings. The Morgan fingerprint density at radius 2 is 2.21 bits per heavy atom. The summed E-state index contributed by atoms with van der Waals surface area (Å²) in [6.07, 6.45) is 2.81. The van der Waals surface area contributed by atoms with Crippen molar-refractivity contribution in [3.8, 4) is 0 Å². The smallest absolute Gasteiger partial charge is 0.326 e. The number of rotatable bonds is 5. The highest BCUT2D eigenvalue weighted by Crippen LogP contribution is 2.23. The van der Waals surface area contributed by atoms with Gasteiger partial charge >= 0.3 is 5.97 Å². The molecule has 1 aromatic carbocycles. The summed E-state index contributed by atoms with van der Waals surface area (Å²) in [5.74, 6) is -0.272. The van der Waals surface area contributed by atoms with Crippen molar-refractivity contribution in [3.63, 3.8) is 0 Å². The largest absolute Gasteiger partial charge is 0.480 e. The van der Waals surface area contributed by atoms with Crippen molar-refractivity contribution in [2.75, 3.05) is 5.32 Å². The maximum absolute atomic E-state index is 11.2. The van der Waals surface area contributed by atoms with E-state index in [1.807, 2.05) is 32.0 Å². The number of hydrogen-bond acceptors (Lipinski definition) is 4. The normalized spacial score (nSPS) is 12.3. The zero-order valence-electron chi connectivity index (χ0n) is 11.1. The van der Waals surface area contributed by atoms with Crippen LogP contribution in [-0.4, -0.2) is 27.1 Å². The molecular formula is C14H17N3O2. The van der Waals surface area contributed by atoms with Gasteiger partial charge in [-0.2, -0.15) is 0 Å². The van der Waals surface area contributed by atoms with Crippen LogP contribution in [0, 0.1) is 6.92 Å². The highest BCUT2D eigenvalue weighted by molar-refractivity contribution is 5.93. The third-order valence-corrected chi connectivity index (χ3v) is 3.06. The number of carboxylic acid groups (broad SMARTS) is 1. The van der Waals surface area contributed by atoms with Gasteiger partial charge in [0.05, 0.1) is 5.52 Å². The lowest BCUT2D eigenvalue weighted by Gasteiger charge is -2.16. The molecule has 0 aliphatic rings. The van der Waals surface area contributed by atoms with Crippen molar-refractivity contribution in [1.82, 2.24) is 9.97 Å². The molecule has 0 saturated heterocycles. The molecule has 0 aliphatic heterocycles. The number of aliphatic carboxylic acids is 1. The lowest BCUT2D eigenvalue weighted by molar-refractivity contribution is -0.138. The number of fused-ring (bicyclic) bond motifs is 1. The average molecular weight is 259 g/mol. The molecule has 1 aromatic heterocycles. The molecule has 1 atom stereocenters. The van der Waals surface area contributed by atoms with E-state index in [0.29, 0.717) is 12.2 Å². The molecule has 1 unspecified atom stereocenters. The van der Waals surface area contributed by atoms with Gasteiger partial charge in [0.15, 0.2) is 0 Å². The number of anilines is 1. The molecule has 5 nitrogen and oxygen atoms in total. The molecule has 2 N–H and O–H groups in total. The van der Waals surface area contributed by atoms with Crippen LogP contribution in [0.5, 0.6) is 0 Å². The molecular weight excluding hydrogens is 242 g/mol. The zero-order valence-corrected chi connectivity index (χ0v) is 11.1. The van der Waals surface area contributed by atoms with Gasteiger partial charge in [-0.3, -0.25) is 0 Å². The van der Waals surface area contributed by atoms with Gasteiger partial charge in [-0.05, 0) is 25.0 Å². The summed E-state index contributed by atoms with van der Waals surface area (Å²) in [6.45, 7) is 3.92. The fraction of sp³-hybridized carbons (Fsp3) is 0.357. The van der Waals surface area contributed by atoms with Crippen molar-refractivity contribution in [3.05, 3.63) is 30.1 Å². The lowest BCUT2D eigenvalue weighted by Crippen LogP contribution is -2.29. The van der Waals surface area contributed by atoms with E-state index in [1.165, 1.54) is 6.33 Å². The van der Waals surface area contributed by atoms with Crippen molar-refractivity contribution in [2.24, 2.45) is 0 Å². The van der Waals surface area contributed by atoms with Crippen LogP contribution in [0.2, 0.25) is 0 Å². The Balaban J connectivity index is 2.42. The molecule has 0 saturated carbocycles. The number of carboxylic acids is 1.